The molecule has 7 rings (SSSR count). The smallest absolute Gasteiger partial charge is 0.294 e. The number of nitrogens with one attached hydrogen (secondary N) is 1. The number of aromatic nitrogens is 1. The lowest BCUT2D eigenvalue weighted by Crippen LogP contribution is -2.36. The Balaban J connectivity index is 1.13. The number of carbonyl (C=O) groups is 3. The normalized spacial score (nSPS) is 14.5. The van der Waals surface area contributed by atoms with E-state index in [-0.39, 0.29) is 6.54 Å². The number of hydrogen-bond donors (Lipinski definition) is 1. The number of thioether (sulfide) groups is 1. The molecule has 2 heterocycles. The van der Waals surface area contributed by atoms with Crippen molar-refractivity contribution in [2.45, 2.75) is 6.54 Å². The molecule has 1 aromatic heterocycles. The Hall–Kier alpha value is -5.14. The number of amides is 3. The van der Waals surface area contributed by atoms with Gasteiger partial charge in [-0.05, 0) is 57.8 Å². The Kier molecular flexibility index (Phi) is 6.56. The van der Waals surface area contributed by atoms with Crippen LogP contribution in [0.4, 0.5) is 10.5 Å². The van der Waals surface area contributed by atoms with Gasteiger partial charge in [-0.3, -0.25) is 19.3 Å². The van der Waals surface area contributed by atoms with Crippen LogP contribution in [0, 0.1) is 0 Å². The summed E-state index contributed by atoms with van der Waals surface area (Å²) >= 11 is 0.860. The first-order valence-electron chi connectivity index (χ1n) is 13.6. The highest BCUT2D eigenvalue weighted by molar-refractivity contribution is 8.18. The highest BCUT2D eigenvalue weighted by Gasteiger charge is 2.36. The second-order valence-corrected chi connectivity index (χ2v) is 11.2. The van der Waals surface area contributed by atoms with Crippen LogP contribution in [-0.4, -0.2) is 33.1 Å². The number of nitrogens with zero attached hydrogens (tertiary/aromatic N) is 2. The zero-order valence-corrected chi connectivity index (χ0v) is 23.3. The van der Waals surface area contributed by atoms with Crippen molar-refractivity contribution in [3.63, 3.8) is 0 Å². The van der Waals surface area contributed by atoms with E-state index >= 15 is 0 Å². The lowest BCUT2D eigenvalue weighted by Gasteiger charge is -2.13. The minimum absolute atomic E-state index is 0.298. The summed E-state index contributed by atoms with van der Waals surface area (Å²) in [5.74, 6) is -0.897. The van der Waals surface area contributed by atoms with Crippen molar-refractivity contribution in [1.82, 2.24) is 9.47 Å². The van der Waals surface area contributed by atoms with Crippen LogP contribution < -0.4 is 5.32 Å². The van der Waals surface area contributed by atoms with Gasteiger partial charge in [-0.15, -0.1) is 0 Å². The molecule has 1 fully saturated rings. The summed E-state index contributed by atoms with van der Waals surface area (Å²) in [7, 11) is 0. The summed E-state index contributed by atoms with van der Waals surface area (Å²) in [6.45, 7) is 0.309. The minimum Gasteiger partial charge on any atom is -0.342 e. The van der Waals surface area contributed by atoms with Gasteiger partial charge in [0.2, 0.25) is 5.91 Å². The van der Waals surface area contributed by atoms with Crippen molar-refractivity contribution in [3.05, 3.63) is 131 Å². The average Bonchev–Trinajstić information content (AvgIpc) is 3.48. The van der Waals surface area contributed by atoms with Crippen LogP contribution in [0.25, 0.3) is 38.5 Å². The van der Waals surface area contributed by atoms with Gasteiger partial charge in [-0.1, -0.05) is 91.0 Å². The lowest BCUT2D eigenvalue weighted by atomic mass is 10.1. The number of rotatable bonds is 6. The predicted molar refractivity (Wildman–Crippen MR) is 170 cm³/mol. The van der Waals surface area contributed by atoms with Gasteiger partial charge in [0, 0.05) is 40.3 Å². The molecule has 0 radical (unpaired) electrons. The van der Waals surface area contributed by atoms with E-state index in [2.05, 4.69) is 46.3 Å². The van der Waals surface area contributed by atoms with Gasteiger partial charge >= 0.3 is 0 Å². The van der Waals surface area contributed by atoms with Gasteiger partial charge in [-0.2, -0.15) is 0 Å². The largest absolute Gasteiger partial charge is 0.342 e. The first-order valence-corrected chi connectivity index (χ1v) is 14.4. The Labute approximate surface area is 246 Å². The van der Waals surface area contributed by atoms with Gasteiger partial charge in [0.15, 0.2) is 0 Å². The molecule has 7 heteroatoms. The zero-order valence-electron chi connectivity index (χ0n) is 22.5. The predicted octanol–water partition coefficient (Wildman–Crippen LogP) is 7.67. The van der Waals surface area contributed by atoms with Gasteiger partial charge in [0.05, 0.1) is 4.91 Å². The molecule has 1 aliphatic heterocycles. The van der Waals surface area contributed by atoms with Crippen LogP contribution in [-0.2, 0) is 16.1 Å². The summed E-state index contributed by atoms with van der Waals surface area (Å²) in [6, 6.07) is 36.1. The van der Waals surface area contributed by atoms with E-state index in [9.17, 15) is 14.4 Å². The number of imide groups is 1. The molecule has 0 unspecified atom stereocenters. The second-order valence-electron chi connectivity index (χ2n) is 10.3. The second kappa shape index (κ2) is 10.7. The Morgan fingerprint density at radius 2 is 1.48 bits per heavy atom. The van der Waals surface area contributed by atoms with Crippen molar-refractivity contribution < 1.29 is 14.4 Å². The third-order valence-corrected chi connectivity index (χ3v) is 8.42. The fourth-order valence-electron chi connectivity index (χ4n) is 5.50. The van der Waals surface area contributed by atoms with E-state index < -0.39 is 17.1 Å². The number of fused-ring (bicyclic) bond motifs is 3. The molecule has 0 spiro atoms. The van der Waals surface area contributed by atoms with Crippen LogP contribution >= 0.6 is 11.8 Å². The molecule has 0 saturated carbocycles. The molecule has 6 aromatic rings. The van der Waals surface area contributed by atoms with Gasteiger partial charge in [-0.25, -0.2) is 0 Å². The molecule has 1 N–H and O–H groups in total. The molecular weight excluding hydrogens is 542 g/mol. The molecular formula is C35H25N3O3S. The maximum absolute atomic E-state index is 13.3. The van der Waals surface area contributed by atoms with E-state index in [1.807, 2.05) is 79.0 Å². The highest BCUT2D eigenvalue weighted by Crippen LogP contribution is 2.34. The molecule has 3 amide bonds. The van der Waals surface area contributed by atoms with Crippen molar-refractivity contribution in [1.29, 1.82) is 0 Å². The highest BCUT2D eigenvalue weighted by atomic mass is 32.2. The Morgan fingerprint density at radius 3 is 2.33 bits per heavy atom. The number of anilines is 1. The van der Waals surface area contributed by atoms with E-state index in [4.69, 9.17) is 0 Å². The molecule has 6 nitrogen and oxygen atoms in total. The van der Waals surface area contributed by atoms with Crippen LogP contribution in [0.2, 0.25) is 0 Å². The fourth-order valence-corrected chi connectivity index (χ4v) is 6.33. The SMILES string of the molecule is O=C(CN1C(=O)S/C(=C\c2cn(Cc3ccc4ccccc4c3)c3ccccc23)C1=O)Nc1cccc2ccccc12. The van der Waals surface area contributed by atoms with Crippen molar-refractivity contribution in [2.24, 2.45) is 0 Å². The van der Waals surface area contributed by atoms with E-state index in [1.54, 1.807) is 6.08 Å². The summed E-state index contributed by atoms with van der Waals surface area (Å²) < 4.78 is 2.16. The molecule has 0 aliphatic carbocycles. The van der Waals surface area contributed by atoms with E-state index in [0.29, 0.717) is 17.1 Å². The number of para-hydroxylation sites is 1. The maximum Gasteiger partial charge on any atom is 0.294 e. The topological polar surface area (TPSA) is 71.4 Å². The molecule has 0 bridgehead atoms. The summed E-state index contributed by atoms with van der Waals surface area (Å²) in [5.41, 5.74) is 3.68. The summed E-state index contributed by atoms with van der Waals surface area (Å²) in [4.78, 5) is 40.4. The average molecular weight is 568 g/mol. The van der Waals surface area contributed by atoms with E-state index in [0.717, 1.165) is 43.9 Å². The zero-order chi connectivity index (χ0) is 28.6. The number of benzene rings is 5. The first kappa shape index (κ1) is 25.8. The fraction of sp³-hybridized carbons (Fsp3) is 0.0571. The van der Waals surface area contributed by atoms with Crippen molar-refractivity contribution >= 4 is 73.0 Å². The van der Waals surface area contributed by atoms with Gasteiger partial charge in [0.25, 0.3) is 11.1 Å². The monoisotopic (exact) mass is 567 g/mol. The van der Waals surface area contributed by atoms with E-state index in [1.165, 1.54) is 16.3 Å². The summed E-state index contributed by atoms with van der Waals surface area (Å²) in [6.07, 6.45) is 3.77. The molecule has 1 saturated heterocycles. The lowest BCUT2D eigenvalue weighted by molar-refractivity contribution is -0.127. The molecule has 204 valence electrons. The van der Waals surface area contributed by atoms with Crippen LogP contribution in [0.3, 0.4) is 0 Å². The standard InChI is InChI=1S/C35H25N3O3S/c39-33(36-30-14-7-11-25-9-3-4-12-28(25)30)22-38-34(40)32(42-35(38)41)19-27-21-37(31-15-6-5-13-29(27)31)20-23-16-17-24-8-1-2-10-26(24)18-23/h1-19,21H,20,22H2,(H,36,39)/b32-19-. The van der Waals surface area contributed by atoms with Gasteiger partial charge < -0.3 is 9.88 Å². The molecule has 5 aromatic carbocycles. The first-order chi connectivity index (χ1) is 20.5. The minimum atomic E-state index is -0.468. The Bertz CT molecular complexity index is 2070. The van der Waals surface area contributed by atoms with Crippen molar-refractivity contribution in [3.8, 4) is 0 Å². The van der Waals surface area contributed by atoms with Crippen molar-refractivity contribution in [2.75, 3.05) is 11.9 Å². The Morgan fingerprint density at radius 1 is 0.762 bits per heavy atom. The molecule has 42 heavy (non-hydrogen) atoms. The third-order valence-electron chi connectivity index (χ3n) is 7.51. The van der Waals surface area contributed by atoms with Crippen LogP contribution in [0.1, 0.15) is 11.1 Å². The maximum atomic E-state index is 13.3. The van der Waals surface area contributed by atoms with Crippen LogP contribution in [0.15, 0.2) is 120 Å². The summed E-state index contributed by atoms with van der Waals surface area (Å²) in [5, 5.41) is 7.65. The molecule has 1 aliphatic rings. The third kappa shape index (κ3) is 4.84. The number of hydrogen-bond acceptors (Lipinski definition) is 4. The van der Waals surface area contributed by atoms with Crippen LogP contribution in [0.5, 0.6) is 0 Å². The number of carbonyl (C=O) groups excluding carboxylic acids is 3. The van der Waals surface area contributed by atoms with Gasteiger partial charge in [0.1, 0.15) is 6.54 Å². The molecule has 0 atom stereocenters. The quantitative estimate of drug-likeness (QED) is 0.210.